The number of aromatic nitrogens is 1. The van der Waals surface area contributed by atoms with Crippen LogP contribution in [0.3, 0.4) is 0 Å². The molecule has 1 N–H and O–H groups in total. The summed E-state index contributed by atoms with van der Waals surface area (Å²) in [6.07, 6.45) is 5.96. The number of hydrogen-bond donors (Lipinski definition) is 1. The highest BCUT2D eigenvalue weighted by molar-refractivity contribution is 9.10. The van der Waals surface area contributed by atoms with E-state index in [0.29, 0.717) is 16.3 Å². The van der Waals surface area contributed by atoms with E-state index in [1.165, 1.54) is 12.3 Å². The first-order valence-corrected chi connectivity index (χ1v) is 8.96. The van der Waals surface area contributed by atoms with Gasteiger partial charge in [-0.25, -0.2) is 18.1 Å². The van der Waals surface area contributed by atoms with Crippen LogP contribution in [0.5, 0.6) is 0 Å². The standard InChI is InChI=1S/C12H14BrClN2O2S/c13-9-5-10(12(14)15-6-9)19(17,18)16-11(7-1-2-7)8-3-4-8/h5-8,11,16H,1-4H2. The highest BCUT2D eigenvalue weighted by Gasteiger charge is 2.43. The van der Waals surface area contributed by atoms with Crippen molar-refractivity contribution >= 4 is 37.6 Å². The molecular formula is C12H14BrClN2O2S. The second-order valence-corrected chi connectivity index (χ2v) is 8.22. The normalized spacial score (nSPS) is 19.9. The molecule has 0 aromatic carbocycles. The third kappa shape index (κ3) is 3.12. The molecule has 19 heavy (non-hydrogen) atoms. The molecule has 2 aliphatic carbocycles. The van der Waals surface area contributed by atoms with Crippen molar-refractivity contribution in [2.45, 2.75) is 36.6 Å². The van der Waals surface area contributed by atoms with Crippen LogP contribution >= 0.6 is 27.5 Å². The fraction of sp³-hybridized carbons (Fsp3) is 0.583. The molecule has 0 spiro atoms. The summed E-state index contributed by atoms with van der Waals surface area (Å²) in [5.74, 6) is 1.00. The Hall–Kier alpha value is -0.170. The fourth-order valence-electron chi connectivity index (χ4n) is 2.32. The molecule has 0 unspecified atom stereocenters. The van der Waals surface area contributed by atoms with Crippen LogP contribution in [0.1, 0.15) is 25.7 Å². The van der Waals surface area contributed by atoms with Crippen LogP contribution < -0.4 is 4.72 Å². The van der Waals surface area contributed by atoms with Crippen LogP contribution in [0.15, 0.2) is 21.6 Å². The van der Waals surface area contributed by atoms with Crippen molar-refractivity contribution in [2.75, 3.05) is 0 Å². The lowest BCUT2D eigenvalue weighted by Crippen LogP contribution is -2.38. The molecular weight excluding hydrogens is 352 g/mol. The van der Waals surface area contributed by atoms with Gasteiger partial charge in [0.15, 0.2) is 0 Å². The largest absolute Gasteiger partial charge is 0.243 e. The highest BCUT2D eigenvalue weighted by Crippen LogP contribution is 2.45. The van der Waals surface area contributed by atoms with E-state index in [9.17, 15) is 8.42 Å². The molecule has 0 saturated heterocycles. The average Bonchev–Trinajstić information content (AvgIpc) is 3.22. The quantitative estimate of drug-likeness (QED) is 0.816. The third-order valence-corrected chi connectivity index (χ3v) is 5.93. The Morgan fingerprint density at radius 2 is 1.89 bits per heavy atom. The van der Waals surface area contributed by atoms with Gasteiger partial charge in [-0.15, -0.1) is 0 Å². The zero-order chi connectivity index (χ0) is 13.6. The van der Waals surface area contributed by atoms with E-state index in [-0.39, 0.29) is 16.1 Å². The first kappa shape index (κ1) is 13.8. The molecule has 2 fully saturated rings. The molecule has 3 rings (SSSR count). The average molecular weight is 366 g/mol. The van der Waals surface area contributed by atoms with Gasteiger partial charge in [0.1, 0.15) is 10.0 Å². The van der Waals surface area contributed by atoms with E-state index in [2.05, 4.69) is 25.6 Å². The molecule has 4 nitrogen and oxygen atoms in total. The van der Waals surface area contributed by atoms with Crippen LogP contribution in [0.2, 0.25) is 5.15 Å². The number of sulfonamides is 1. The van der Waals surface area contributed by atoms with Gasteiger partial charge in [-0.1, -0.05) is 11.6 Å². The van der Waals surface area contributed by atoms with Gasteiger partial charge in [0.2, 0.25) is 10.0 Å². The SMILES string of the molecule is O=S(=O)(NC(C1CC1)C1CC1)c1cc(Br)cnc1Cl. The Bertz CT molecular complexity index is 588. The molecule has 0 aliphatic heterocycles. The van der Waals surface area contributed by atoms with Gasteiger partial charge in [0.05, 0.1) is 0 Å². The lowest BCUT2D eigenvalue weighted by Gasteiger charge is -2.18. The molecule has 0 atom stereocenters. The maximum absolute atomic E-state index is 12.4. The monoisotopic (exact) mass is 364 g/mol. The number of pyridine rings is 1. The number of rotatable bonds is 5. The van der Waals surface area contributed by atoms with E-state index in [1.54, 1.807) is 0 Å². The maximum Gasteiger partial charge on any atom is 0.243 e. The van der Waals surface area contributed by atoms with Crippen molar-refractivity contribution in [2.24, 2.45) is 11.8 Å². The van der Waals surface area contributed by atoms with Crippen molar-refractivity contribution < 1.29 is 8.42 Å². The van der Waals surface area contributed by atoms with Crippen molar-refractivity contribution in [1.29, 1.82) is 0 Å². The van der Waals surface area contributed by atoms with Gasteiger partial charge < -0.3 is 0 Å². The zero-order valence-corrected chi connectivity index (χ0v) is 13.3. The Kier molecular flexibility index (Phi) is 3.62. The predicted molar refractivity (Wildman–Crippen MR) is 76.5 cm³/mol. The minimum Gasteiger partial charge on any atom is -0.242 e. The molecule has 1 aromatic rings. The summed E-state index contributed by atoms with van der Waals surface area (Å²) in [5, 5.41) is 0.0149. The molecule has 0 amide bonds. The second kappa shape index (κ2) is 4.98. The van der Waals surface area contributed by atoms with Crippen molar-refractivity contribution in [3.8, 4) is 0 Å². The summed E-state index contributed by atoms with van der Waals surface area (Å²) in [7, 11) is -3.60. The maximum atomic E-state index is 12.4. The Morgan fingerprint density at radius 1 is 1.32 bits per heavy atom. The molecule has 1 heterocycles. The number of hydrogen-bond acceptors (Lipinski definition) is 3. The summed E-state index contributed by atoms with van der Waals surface area (Å²) in [5.41, 5.74) is 0. The lowest BCUT2D eigenvalue weighted by atomic mass is 10.1. The summed E-state index contributed by atoms with van der Waals surface area (Å²) in [4.78, 5) is 3.92. The Morgan fingerprint density at radius 3 is 2.42 bits per heavy atom. The van der Waals surface area contributed by atoms with Gasteiger partial charge in [-0.3, -0.25) is 0 Å². The molecule has 104 valence electrons. The van der Waals surface area contributed by atoms with Gasteiger partial charge >= 0.3 is 0 Å². The van der Waals surface area contributed by atoms with Gasteiger partial charge in [-0.05, 0) is 59.5 Å². The number of nitrogens with zero attached hydrogens (tertiary/aromatic N) is 1. The molecule has 2 saturated carbocycles. The Balaban J connectivity index is 1.87. The molecule has 0 radical (unpaired) electrons. The minimum atomic E-state index is -3.60. The van der Waals surface area contributed by atoms with E-state index >= 15 is 0 Å². The smallest absolute Gasteiger partial charge is 0.242 e. The number of nitrogens with one attached hydrogen (secondary N) is 1. The van der Waals surface area contributed by atoms with Crippen LogP contribution in [-0.4, -0.2) is 19.4 Å². The number of halogens is 2. The molecule has 7 heteroatoms. The first-order valence-electron chi connectivity index (χ1n) is 6.31. The third-order valence-electron chi connectivity index (χ3n) is 3.61. The first-order chi connectivity index (χ1) is 8.97. The zero-order valence-electron chi connectivity index (χ0n) is 10.1. The summed E-state index contributed by atoms with van der Waals surface area (Å²) in [6.45, 7) is 0. The Labute approximate surface area is 126 Å². The lowest BCUT2D eigenvalue weighted by molar-refractivity contribution is 0.471. The molecule has 1 aromatic heterocycles. The van der Waals surface area contributed by atoms with E-state index in [1.807, 2.05) is 0 Å². The predicted octanol–water partition coefficient (Wildman–Crippen LogP) is 2.96. The van der Waals surface area contributed by atoms with Gasteiger partial charge in [0, 0.05) is 16.7 Å². The van der Waals surface area contributed by atoms with Gasteiger partial charge in [0.25, 0.3) is 0 Å². The highest BCUT2D eigenvalue weighted by atomic mass is 79.9. The molecule has 0 bridgehead atoms. The minimum absolute atomic E-state index is 0.0149. The van der Waals surface area contributed by atoms with Crippen molar-refractivity contribution in [3.63, 3.8) is 0 Å². The fourth-order valence-corrected chi connectivity index (χ4v) is 4.64. The summed E-state index contributed by atoms with van der Waals surface area (Å²) >= 11 is 9.13. The van der Waals surface area contributed by atoms with Gasteiger partial charge in [-0.2, -0.15) is 0 Å². The van der Waals surface area contributed by atoms with E-state index in [4.69, 9.17) is 11.6 Å². The van der Waals surface area contributed by atoms with Crippen LogP contribution in [0, 0.1) is 11.8 Å². The summed E-state index contributed by atoms with van der Waals surface area (Å²) < 4.78 is 28.3. The summed E-state index contributed by atoms with van der Waals surface area (Å²) in [6, 6.07) is 1.56. The van der Waals surface area contributed by atoms with Crippen molar-refractivity contribution in [3.05, 3.63) is 21.9 Å². The van der Waals surface area contributed by atoms with E-state index in [0.717, 1.165) is 25.7 Å². The van der Waals surface area contributed by atoms with Crippen LogP contribution in [0.25, 0.3) is 0 Å². The molecule has 2 aliphatic rings. The van der Waals surface area contributed by atoms with Crippen LogP contribution in [0.4, 0.5) is 0 Å². The van der Waals surface area contributed by atoms with Crippen molar-refractivity contribution in [1.82, 2.24) is 9.71 Å². The van der Waals surface area contributed by atoms with E-state index < -0.39 is 10.0 Å². The topological polar surface area (TPSA) is 59.1 Å². The van der Waals surface area contributed by atoms with Crippen LogP contribution in [-0.2, 0) is 10.0 Å². The second-order valence-electron chi connectivity index (χ2n) is 5.26.